The summed E-state index contributed by atoms with van der Waals surface area (Å²) in [6.45, 7) is 5.64. The molecular weight excluding hydrogens is 530 g/mol. The molecule has 0 heterocycles. The number of carbonyl (C=O) groups is 2. The van der Waals surface area contributed by atoms with Crippen LogP contribution in [0.3, 0.4) is 0 Å². The van der Waals surface area contributed by atoms with E-state index in [0.29, 0.717) is 18.0 Å². The zero-order chi connectivity index (χ0) is 29.3. The maximum atomic E-state index is 14.0. The van der Waals surface area contributed by atoms with Crippen molar-refractivity contribution in [3.8, 4) is 11.5 Å². The van der Waals surface area contributed by atoms with E-state index < -0.39 is 28.5 Å². The number of rotatable bonds is 13. The fourth-order valence-electron chi connectivity index (χ4n) is 4.10. The van der Waals surface area contributed by atoms with E-state index in [1.165, 1.54) is 37.3 Å². The lowest BCUT2D eigenvalue weighted by Gasteiger charge is -2.32. The van der Waals surface area contributed by atoms with Crippen molar-refractivity contribution in [2.75, 3.05) is 31.6 Å². The van der Waals surface area contributed by atoms with Gasteiger partial charge in [0.2, 0.25) is 11.8 Å². The summed E-state index contributed by atoms with van der Waals surface area (Å²) in [6, 6.07) is 19.5. The van der Waals surface area contributed by atoms with Crippen molar-refractivity contribution in [2.24, 2.45) is 0 Å². The fourth-order valence-corrected chi connectivity index (χ4v) is 5.53. The molecule has 0 aliphatic heterocycles. The van der Waals surface area contributed by atoms with E-state index in [9.17, 15) is 18.0 Å². The first-order valence-corrected chi connectivity index (χ1v) is 14.5. The molecule has 0 aliphatic carbocycles. The predicted molar refractivity (Wildman–Crippen MR) is 155 cm³/mol. The van der Waals surface area contributed by atoms with Crippen LogP contribution in [0, 0.1) is 6.92 Å². The van der Waals surface area contributed by atoms with Gasteiger partial charge in [-0.05, 0) is 50.1 Å². The molecule has 0 spiro atoms. The van der Waals surface area contributed by atoms with Crippen molar-refractivity contribution in [2.45, 2.75) is 44.7 Å². The summed E-state index contributed by atoms with van der Waals surface area (Å²) >= 11 is 0. The first-order valence-electron chi connectivity index (χ1n) is 13.0. The first kappa shape index (κ1) is 30.5. The fraction of sp³-hybridized carbons (Fsp3) is 0.333. The van der Waals surface area contributed by atoms with Gasteiger partial charge in [0.05, 0.1) is 24.8 Å². The molecule has 0 bridgehead atoms. The van der Waals surface area contributed by atoms with Crippen LogP contribution >= 0.6 is 0 Å². The first-order chi connectivity index (χ1) is 19.1. The molecule has 0 aliphatic rings. The maximum absolute atomic E-state index is 14.0. The summed E-state index contributed by atoms with van der Waals surface area (Å²) in [6.07, 6.45) is 0.746. The molecule has 0 unspecified atom stereocenters. The van der Waals surface area contributed by atoms with Crippen LogP contribution in [0.2, 0.25) is 0 Å². The minimum atomic E-state index is -4.23. The standard InChI is InChI=1S/C30H37N3O6S/c1-6-18-31-30(35)23(3)32(20-24-14-12-22(2)13-15-24)29(34)21-33(25-10-8-7-9-11-25)40(36,37)26-16-17-27(38-4)28(19-26)39-5/h7-17,19,23H,6,18,20-21H2,1-5H3,(H,31,35)/t23-/m1/s1. The van der Waals surface area contributed by atoms with E-state index >= 15 is 0 Å². The van der Waals surface area contributed by atoms with E-state index in [1.54, 1.807) is 37.3 Å². The van der Waals surface area contributed by atoms with Crippen molar-refractivity contribution in [3.63, 3.8) is 0 Å². The highest BCUT2D eigenvalue weighted by Crippen LogP contribution is 2.32. The Morgan fingerprint density at radius 1 is 0.925 bits per heavy atom. The van der Waals surface area contributed by atoms with Crippen molar-refractivity contribution in [1.29, 1.82) is 0 Å². The molecule has 10 heteroatoms. The number of para-hydroxylation sites is 1. The van der Waals surface area contributed by atoms with Gasteiger partial charge < -0.3 is 19.7 Å². The number of nitrogens with zero attached hydrogens (tertiary/aromatic N) is 2. The van der Waals surface area contributed by atoms with Crippen molar-refractivity contribution in [3.05, 3.63) is 83.9 Å². The van der Waals surface area contributed by atoms with Crippen LogP contribution in [0.4, 0.5) is 5.69 Å². The minimum Gasteiger partial charge on any atom is -0.493 e. The Kier molecular flexibility index (Phi) is 10.6. The molecule has 3 aromatic rings. The molecule has 214 valence electrons. The van der Waals surface area contributed by atoms with Crippen molar-refractivity contribution < 1.29 is 27.5 Å². The van der Waals surface area contributed by atoms with Gasteiger partial charge in [0.15, 0.2) is 11.5 Å². The number of anilines is 1. The Hall–Kier alpha value is -4.05. The SMILES string of the molecule is CCCNC(=O)[C@@H](C)N(Cc1ccc(C)cc1)C(=O)CN(c1ccccc1)S(=O)(=O)c1ccc(OC)c(OC)c1. The summed E-state index contributed by atoms with van der Waals surface area (Å²) < 4.78 is 39.6. The van der Waals surface area contributed by atoms with Gasteiger partial charge in [-0.15, -0.1) is 0 Å². The molecule has 0 radical (unpaired) electrons. The van der Waals surface area contributed by atoms with Crippen LogP contribution in [0.1, 0.15) is 31.4 Å². The molecule has 0 fully saturated rings. The van der Waals surface area contributed by atoms with E-state index in [2.05, 4.69) is 5.32 Å². The lowest BCUT2D eigenvalue weighted by Crippen LogP contribution is -2.51. The highest BCUT2D eigenvalue weighted by atomic mass is 32.2. The topological polar surface area (TPSA) is 105 Å². The van der Waals surface area contributed by atoms with E-state index in [-0.39, 0.29) is 23.1 Å². The summed E-state index contributed by atoms with van der Waals surface area (Å²) in [5, 5.41) is 2.84. The second-order valence-corrected chi connectivity index (χ2v) is 11.2. The van der Waals surface area contributed by atoms with E-state index in [4.69, 9.17) is 9.47 Å². The number of carbonyl (C=O) groups excluding carboxylic acids is 2. The molecular formula is C30H37N3O6S. The number of methoxy groups -OCH3 is 2. The highest BCUT2D eigenvalue weighted by Gasteiger charge is 2.33. The number of aryl methyl sites for hydroxylation is 1. The maximum Gasteiger partial charge on any atom is 0.264 e. The van der Waals surface area contributed by atoms with Gasteiger partial charge in [-0.3, -0.25) is 13.9 Å². The second kappa shape index (κ2) is 13.8. The number of benzene rings is 3. The highest BCUT2D eigenvalue weighted by molar-refractivity contribution is 7.92. The average Bonchev–Trinajstić information content (AvgIpc) is 2.97. The van der Waals surface area contributed by atoms with E-state index in [1.807, 2.05) is 38.1 Å². The normalized spacial score (nSPS) is 11.8. The summed E-state index contributed by atoms with van der Waals surface area (Å²) in [5.41, 5.74) is 2.19. The molecule has 9 nitrogen and oxygen atoms in total. The van der Waals surface area contributed by atoms with Crippen molar-refractivity contribution in [1.82, 2.24) is 10.2 Å². The van der Waals surface area contributed by atoms with Gasteiger partial charge in [-0.2, -0.15) is 0 Å². The summed E-state index contributed by atoms with van der Waals surface area (Å²) in [7, 11) is -1.35. The van der Waals surface area contributed by atoms with Gasteiger partial charge >= 0.3 is 0 Å². The zero-order valence-electron chi connectivity index (χ0n) is 23.6. The van der Waals surface area contributed by atoms with E-state index in [0.717, 1.165) is 21.9 Å². The van der Waals surface area contributed by atoms with Gasteiger partial charge in [0.1, 0.15) is 12.6 Å². The molecule has 0 saturated carbocycles. The Morgan fingerprint density at radius 2 is 1.57 bits per heavy atom. The van der Waals surface area contributed by atoms with Crippen LogP contribution in [0.25, 0.3) is 0 Å². The summed E-state index contributed by atoms with van der Waals surface area (Å²) in [5.74, 6) is -0.214. The second-order valence-electron chi connectivity index (χ2n) is 9.34. The largest absolute Gasteiger partial charge is 0.493 e. The Labute approximate surface area is 236 Å². The van der Waals surface area contributed by atoms with Crippen LogP contribution < -0.4 is 19.1 Å². The lowest BCUT2D eigenvalue weighted by molar-refractivity contribution is -0.139. The molecule has 3 rings (SSSR count). The number of hydrogen-bond acceptors (Lipinski definition) is 6. The van der Waals surface area contributed by atoms with Crippen LogP contribution in [0.5, 0.6) is 11.5 Å². The number of ether oxygens (including phenoxy) is 2. The van der Waals surface area contributed by atoms with Gasteiger partial charge in [0, 0.05) is 19.2 Å². The van der Waals surface area contributed by atoms with Gasteiger partial charge in [-0.25, -0.2) is 8.42 Å². The predicted octanol–water partition coefficient (Wildman–Crippen LogP) is 4.15. The van der Waals surface area contributed by atoms with Gasteiger partial charge in [0.25, 0.3) is 10.0 Å². The number of amides is 2. The van der Waals surface area contributed by atoms with Crippen molar-refractivity contribution >= 4 is 27.5 Å². The minimum absolute atomic E-state index is 0.0689. The smallest absolute Gasteiger partial charge is 0.264 e. The van der Waals surface area contributed by atoms with Crippen LogP contribution in [-0.4, -0.2) is 58.5 Å². The number of nitrogens with one attached hydrogen (secondary N) is 1. The summed E-state index contributed by atoms with van der Waals surface area (Å²) in [4.78, 5) is 28.2. The quantitative estimate of drug-likeness (QED) is 0.333. The molecule has 0 aromatic heterocycles. The lowest BCUT2D eigenvalue weighted by atomic mass is 10.1. The third-order valence-electron chi connectivity index (χ3n) is 6.46. The Morgan fingerprint density at radius 3 is 2.17 bits per heavy atom. The molecule has 3 aromatic carbocycles. The molecule has 0 saturated heterocycles. The molecule has 1 atom stereocenters. The van der Waals surface area contributed by atoms with Crippen LogP contribution in [0.15, 0.2) is 77.7 Å². The number of hydrogen-bond donors (Lipinski definition) is 1. The molecule has 40 heavy (non-hydrogen) atoms. The third kappa shape index (κ3) is 7.32. The monoisotopic (exact) mass is 567 g/mol. The number of sulfonamides is 1. The molecule has 2 amide bonds. The Bertz CT molecular complexity index is 1390. The van der Waals surface area contributed by atoms with Crippen LogP contribution in [-0.2, 0) is 26.2 Å². The molecule has 1 N–H and O–H groups in total. The third-order valence-corrected chi connectivity index (χ3v) is 8.23. The Balaban J connectivity index is 2.02. The van der Waals surface area contributed by atoms with Gasteiger partial charge in [-0.1, -0.05) is 55.0 Å². The average molecular weight is 568 g/mol. The zero-order valence-corrected chi connectivity index (χ0v) is 24.4.